The van der Waals surface area contributed by atoms with Gasteiger partial charge < -0.3 is 20.3 Å². The first-order chi connectivity index (χ1) is 19.2. The van der Waals surface area contributed by atoms with Crippen molar-refractivity contribution >= 4 is 23.5 Å². The van der Waals surface area contributed by atoms with E-state index >= 15 is 0 Å². The van der Waals surface area contributed by atoms with Crippen LogP contribution in [0.2, 0.25) is 0 Å². The Balaban J connectivity index is 1.42. The first kappa shape index (κ1) is 29.3. The largest absolute Gasteiger partial charge is 0.377 e. The summed E-state index contributed by atoms with van der Waals surface area (Å²) < 4.78 is 32.6. The number of amides is 3. The van der Waals surface area contributed by atoms with Gasteiger partial charge in [-0.05, 0) is 36.5 Å². The molecule has 2 heterocycles. The molecule has 2 aromatic rings. The van der Waals surface area contributed by atoms with Crippen LogP contribution >= 0.6 is 0 Å². The van der Waals surface area contributed by atoms with E-state index in [0.29, 0.717) is 5.69 Å². The van der Waals surface area contributed by atoms with E-state index in [1.165, 1.54) is 4.90 Å². The summed E-state index contributed by atoms with van der Waals surface area (Å²) in [7, 11) is 0. The Morgan fingerprint density at radius 1 is 1.05 bits per heavy atom. The van der Waals surface area contributed by atoms with Gasteiger partial charge in [-0.1, -0.05) is 36.4 Å². The number of halogens is 2. The Bertz CT molecular complexity index is 1170. The third-order valence-electron chi connectivity index (χ3n) is 7.35. The molecule has 2 fully saturated rings. The summed E-state index contributed by atoms with van der Waals surface area (Å²) in [5.74, 6) is -5.48. The molecule has 214 valence electrons. The van der Waals surface area contributed by atoms with Gasteiger partial charge in [0.05, 0.1) is 25.5 Å². The molecule has 2 atom stereocenters. The van der Waals surface area contributed by atoms with E-state index in [4.69, 9.17) is 4.74 Å². The molecule has 4 rings (SSSR count). The summed E-state index contributed by atoms with van der Waals surface area (Å²) in [5.41, 5.74) is 1.31. The Labute approximate surface area is 231 Å². The minimum atomic E-state index is -2.69. The number of nitrogens with one attached hydrogen (secondary N) is 2. The number of aromatic nitrogens is 1. The van der Waals surface area contributed by atoms with Crippen molar-refractivity contribution in [3.8, 4) is 0 Å². The summed E-state index contributed by atoms with van der Waals surface area (Å²) in [5, 5.41) is 5.23. The second-order valence-electron chi connectivity index (χ2n) is 10.3. The van der Waals surface area contributed by atoms with Crippen molar-refractivity contribution in [1.82, 2.24) is 20.5 Å². The van der Waals surface area contributed by atoms with Crippen molar-refractivity contribution in [2.24, 2.45) is 5.92 Å². The van der Waals surface area contributed by atoms with Crippen LogP contribution in [0.3, 0.4) is 0 Å². The maximum atomic E-state index is 13.5. The van der Waals surface area contributed by atoms with Crippen LogP contribution in [0.5, 0.6) is 0 Å². The molecule has 0 spiro atoms. The fourth-order valence-corrected chi connectivity index (χ4v) is 5.03. The zero-order valence-electron chi connectivity index (χ0n) is 22.2. The molecule has 0 radical (unpaired) electrons. The molecule has 2 aliphatic rings. The highest BCUT2D eigenvalue weighted by atomic mass is 19.3. The number of nitrogens with zero attached hydrogens (tertiary/aromatic N) is 2. The van der Waals surface area contributed by atoms with Crippen LogP contribution in [0, 0.1) is 5.92 Å². The van der Waals surface area contributed by atoms with Gasteiger partial charge in [0.1, 0.15) is 12.1 Å². The van der Waals surface area contributed by atoms with E-state index in [9.17, 15) is 28.0 Å². The van der Waals surface area contributed by atoms with Gasteiger partial charge in [0.2, 0.25) is 23.5 Å². The maximum Gasteiger partial charge on any atom is 0.289 e. The second kappa shape index (κ2) is 13.6. The van der Waals surface area contributed by atoms with Gasteiger partial charge in [0.15, 0.2) is 0 Å². The molecular formula is C29H34F2N4O5. The Hall–Kier alpha value is -3.73. The summed E-state index contributed by atoms with van der Waals surface area (Å²) in [6, 6.07) is 12.0. The van der Waals surface area contributed by atoms with Crippen molar-refractivity contribution in [1.29, 1.82) is 0 Å². The number of rotatable bonds is 10. The standard InChI is InChI=1S/C29H34F2N4O5/c30-29(31)11-9-21(10-12-29)17-25(36)35-14-15-40-19-24(35)27(38)34-23(16-20-6-2-1-3-7-20)26(37)28(39)33-18-22-8-4-5-13-32-22/h1-8,13,21,23-24H,9-12,14-19H2,(H,33,39)(H,34,38)/t23-,24+/m1/s1. The van der Waals surface area contributed by atoms with Gasteiger partial charge in [-0.25, -0.2) is 8.78 Å². The Morgan fingerprint density at radius 2 is 1.77 bits per heavy atom. The van der Waals surface area contributed by atoms with Gasteiger partial charge in [0, 0.05) is 38.4 Å². The molecule has 1 aliphatic carbocycles. The average molecular weight is 557 g/mol. The number of hydrogen-bond donors (Lipinski definition) is 2. The number of hydrogen-bond acceptors (Lipinski definition) is 6. The molecule has 9 nitrogen and oxygen atoms in total. The predicted molar refractivity (Wildman–Crippen MR) is 141 cm³/mol. The monoisotopic (exact) mass is 556 g/mol. The van der Waals surface area contributed by atoms with Crippen LogP contribution in [0.25, 0.3) is 0 Å². The first-order valence-corrected chi connectivity index (χ1v) is 13.5. The molecule has 11 heteroatoms. The van der Waals surface area contributed by atoms with E-state index in [-0.39, 0.29) is 76.7 Å². The molecule has 0 bridgehead atoms. The highest BCUT2D eigenvalue weighted by molar-refractivity contribution is 6.38. The SMILES string of the molecule is O=C(NCc1ccccn1)C(=O)[C@@H](Cc1ccccc1)NC(=O)[C@@H]1COCCN1C(=O)CC1CCC(F)(F)CC1. The first-order valence-electron chi connectivity index (χ1n) is 13.5. The van der Waals surface area contributed by atoms with Gasteiger partial charge in [-0.15, -0.1) is 0 Å². The number of pyridine rings is 1. The summed E-state index contributed by atoms with van der Waals surface area (Å²) in [6.45, 7) is 0.379. The van der Waals surface area contributed by atoms with Gasteiger partial charge in [-0.3, -0.25) is 24.2 Å². The van der Waals surface area contributed by atoms with Crippen LogP contribution in [-0.2, 0) is 36.9 Å². The zero-order valence-corrected chi connectivity index (χ0v) is 22.2. The topological polar surface area (TPSA) is 118 Å². The summed E-state index contributed by atoms with van der Waals surface area (Å²) in [4.78, 5) is 58.0. The fraction of sp³-hybridized carbons (Fsp3) is 0.483. The Kier molecular flexibility index (Phi) is 9.92. The third-order valence-corrected chi connectivity index (χ3v) is 7.35. The number of ketones is 1. The smallest absolute Gasteiger partial charge is 0.289 e. The number of ether oxygens (including phenoxy) is 1. The van der Waals surface area contributed by atoms with Crippen LogP contribution in [0.1, 0.15) is 43.4 Å². The number of Topliss-reactive ketones (excluding diaryl/α,β-unsaturated/α-hetero) is 1. The maximum absolute atomic E-state index is 13.5. The number of carbonyl (C=O) groups is 4. The van der Waals surface area contributed by atoms with Crippen LogP contribution in [0.15, 0.2) is 54.7 Å². The number of benzene rings is 1. The lowest BCUT2D eigenvalue weighted by molar-refractivity contribution is -0.151. The highest BCUT2D eigenvalue weighted by Crippen LogP contribution is 2.37. The molecular weight excluding hydrogens is 522 g/mol. The van der Waals surface area contributed by atoms with Crippen molar-refractivity contribution in [3.05, 3.63) is 66.0 Å². The fourth-order valence-electron chi connectivity index (χ4n) is 5.03. The van der Waals surface area contributed by atoms with Gasteiger partial charge in [-0.2, -0.15) is 0 Å². The van der Waals surface area contributed by atoms with Crippen LogP contribution < -0.4 is 10.6 Å². The summed E-state index contributed by atoms with van der Waals surface area (Å²) in [6.07, 6.45) is 1.72. The second-order valence-corrected chi connectivity index (χ2v) is 10.3. The van der Waals surface area contributed by atoms with Gasteiger partial charge >= 0.3 is 0 Å². The molecule has 1 saturated heterocycles. The minimum Gasteiger partial charge on any atom is -0.377 e. The van der Waals surface area contributed by atoms with Crippen molar-refractivity contribution in [3.63, 3.8) is 0 Å². The average Bonchev–Trinajstić information content (AvgIpc) is 2.97. The van der Waals surface area contributed by atoms with Crippen molar-refractivity contribution in [2.75, 3.05) is 19.8 Å². The van der Waals surface area contributed by atoms with Crippen LogP contribution in [-0.4, -0.2) is 71.2 Å². The Morgan fingerprint density at radius 3 is 2.48 bits per heavy atom. The lowest BCUT2D eigenvalue weighted by Gasteiger charge is -2.37. The molecule has 2 N–H and O–H groups in total. The van der Waals surface area contributed by atoms with Crippen molar-refractivity contribution < 1.29 is 32.7 Å². The van der Waals surface area contributed by atoms with Crippen LogP contribution in [0.4, 0.5) is 8.78 Å². The molecule has 1 aliphatic heterocycles. The van der Waals surface area contributed by atoms with E-state index in [0.717, 1.165) is 5.56 Å². The predicted octanol–water partition coefficient (Wildman–Crippen LogP) is 2.44. The minimum absolute atomic E-state index is 0.0449. The summed E-state index contributed by atoms with van der Waals surface area (Å²) >= 11 is 0. The molecule has 0 unspecified atom stereocenters. The van der Waals surface area contributed by atoms with Crippen molar-refractivity contribution in [2.45, 2.75) is 63.1 Å². The third kappa shape index (κ3) is 8.14. The number of alkyl halides is 2. The zero-order chi connectivity index (χ0) is 28.5. The molecule has 1 aromatic carbocycles. The van der Waals surface area contributed by atoms with E-state index in [1.807, 2.05) is 6.07 Å². The van der Waals surface area contributed by atoms with E-state index in [1.54, 1.807) is 48.7 Å². The highest BCUT2D eigenvalue weighted by Gasteiger charge is 2.39. The lowest BCUT2D eigenvalue weighted by atomic mass is 9.84. The molecule has 40 heavy (non-hydrogen) atoms. The van der Waals surface area contributed by atoms with E-state index in [2.05, 4.69) is 15.6 Å². The quantitative estimate of drug-likeness (QED) is 0.434. The molecule has 1 aromatic heterocycles. The lowest BCUT2D eigenvalue weighted by Crippen LogP contribution is -2.59. The van der Waals surface area contributed by atoms with E-state index < -0.39 is 35.6 Å². The number of morpholine rings is 1. The van der Waals surface area contributed by atoms with Gasteiger partial charge in [0.25, 0.3) is 5.91 Å². The molecule has 3 amide bonds. The normalized spacial score (nSPS) is 19.9. The molecule has 1 saturated carbocycles. The number of carbonyl (C=O) groups excluding carboxylic acids is 4.